The van der Waals surface area contributed by atoms with Crippen LogP contribution in [0.2, 0.25) is 0 Å². The van der Waals surface area contributed by atoms with Crippen molar-refractivity contribution in [2.75, 3.05) is 0 Å². The van der Waals surface area contributed by atoms with Gasteiger partial charge < -0.3 is 7.43 Å². The number of aromatic nitrogens is 3. The van der Waals surface area contributed by atoms with E-state index in [0.717, 1.165) is 22.7 Å². The Labute approximate surface area is 132 Å². The third-order valence-electron chi connectivity index (χ3n) is 2.52. The molecule has 0 N–H and O–H groups in total. The normalized spacial score (nSPS) is 9.61. The SMILES string of the molecule is Cc1ccn2c(-c3c[c-]ccc3)cnc2n1.[CH3-].[Y]. The fourth-order valence-electron chi connectivity index (χ4n) is 1.72. The van der Waals surface area contributed by atoms with Gasteiger partial charge in [-0.05, 0) is 13.0 Å². The Hall–Kier alpha value is -1.06. The smallest absolute Gasteiger partial charge is 0.233 e. The van der Waals surface area contributed by atoms with Gasteiger partial charge in [-0.25, -0.2) is 9.97 Å². The molecule has 89 valence electrons. The first kappa shape index (κ1) is 15.0. The molecular weight excluding hydrogens is 299 g/mol. The molecule has 3 nitrogen and oxygen atoms in total. The second-order valence-electron chi connectivity index (χ2n) is 3.67. The Morgan fingerprint density at radius 2 is 2.11 bits per heavy atom. The van der Waals surface area contributed by atoms with E-state index in [1.165, 1.54) is 0 Å². The monoisotopic (exact) mass is 312 g/mol. The number of hydrogen-bond donors (Lipinski definition) is 0. The molecule has 0 fully saturated rings. The third kappa shape index (κ3) is 2.68. The van der Waals surface area contributed by atoms with E-state index in [-0.39, 0.29) is 40.1 Å². The summed E-state index contributed by atoms with van der Waals surface area (Å²) < 4.78 is 1.98. The van der Waals surface area contributed by atoms with Gasteiger partial charge in [0.15, 0.2) is 0 Å². The first-order valence-electron chi connectivity index (χ1n) is 5.12. The largest absolute Gasteiger partial charge is 0.358 e. The number of hydrogen-bond acceptors (Lipinski definition) is 2. The second kappa shape index (κ2) is 6.21. The van der Waals surface area contributed by atoms with E-state index in [1.807, 2.05) is 54.0 Å². The van der Waals surface area contributed by atoms with Crippen molar-refractivity contribution < 1.29 is 32.7 Å². The first-order chi connectivity index (χ1) is 7.84. The fraction of sp³-hybridized carbons (Fsp3) is 0.0714. The van der Waals surface area contributed by atoms with Crippen LogP contribution in [0.4, 0.5) is 0 Å². The second-order valence-corrected chi connectivity index (χ2v) is 3.67. The zero-order valence-electron chi connectivity index (χ0n) is 10.5. The zero-order chi connectivity index (χ0) is 11.0. The van der Waals surface area contributed by atoms with E-state index in [2.05, 4.69) is 16.0 Å². The van der Waals surface area contributed by atoms with Crippen molar-refractivity contribution in [1.29, 1.82) is 0 Å². The number of aryl methyl sites for hydroxylation is 1. The summed E-state index contributed by atoms with van der Waals surface area (Å²) in [5, 5.41) is 0. The molecular formula is C14H13N3Y-2. The van der Waals surface area contributed by atoms with Crippen molar-refractivity contribution in [3.8, 4) is 11.3 Å². The van der Waals surface area contributed by atoms with E-state index >= 15 is 0 Å². The minimum atomic E-state index is 0. The fourth-order valence-corrected chi connectivity index (χ4v) is 1.72. The Balaban J connectivity index is 0.000000810. The molecule has 2 heterocycles. The number of fused-ring (bicyclic) bond motifs is 1. The van der Waals surface area contributed by atoms with Gasteiger partial charge in [-0.2, -0.15) is 30.3 Å². The molecule has 18 heavy (non-hydrogen) atoms. The Kier molecular flexibility index (Phi) is 5.18. The van der Waals surface area contributed by atoms with E-state index in [9.17, 15) is 0 Å². The summed E-state index contributed by atoms with van der Waals surface area (Å²) in [4.78, 5) is 8.66. The maximum atomic E-state index is 4.36. The van der Waals surface area contributed by atoms with Crippen LogP contribution in [0.5, 0.6) is 0 Å². The Bertz CT molecular complexity index is 632. The predicted molar refractivity (Wildman–Crippen MR) is 68.4 cm³/mol. The number of benzene rings is 1. The van der Waals surface area contributed by atoms with E-state index in [1.54, 1.807) is 0 Å². The molecule has 0 bridgehead atoms. The van der Waals surface area contributed by atoms with Gasteiger partial charge in [0.25, 0.3) is 0 Å². The summed E-state index contributed by atoms with van der Waals surface area (Å²) in [5.41, 5.74) is 3.12. The molecule has 3 aromatic rings. The molecule has 4 heteroatoms. The topological polar surface area (TPSA) is 30.2 Å². The molecule has 1 aromatic carbocycles. The van der Waals surface area contributed by atoms with Crippen LogP contribution in [-0.4, -0.2) is 14.4 Å². The summed E-state index contributed by atoms with van der Waals surface area (Å²) in [7, 11) is 0. The average Bonchev–Trinajstić information content (AvgIpc) is 2.73. The minimum absolute atomic E-state index is 0. The molecule has 0 amide bonds. The molecule has 0 aliphatic carbocycles. The van der Waals surface area contributed by atoms with Gasteiger partial charge in [0.1, 0.15) is 0 Å². The van der Waals surface area contributed by atoms with Crippen LogP contribution >= 0.6 is 0 Å². The van der Waals surface area contributed by atoms with Gasteiger partial charge in [0.05, 0.1) is 0 Å². The summed E-state index contributed by atoms with van der Waals surface area (Å²) in [6, 6.07) is 12.9. The molecule has 2 aromatic heterocycles. The number of nitrogens with zero attached hydrogens (tertiary/aromatic N) is 3. The molecule has 0 aliphatic rings. The van der Waals surface area contributed by atoms with Crippen molar-refractivity contribution in [1.82, 2.24) is 14.4 Å². The third-order valence-corrected chi connectivity index (χ3v) is 2.52. The van der Waals surface area contributed by atoms with E-state index in [0.29, 0.717) is 0 Å². The van der Waals surface area contributed by atoms with Crippen molar-refractivity contribution in [3.63, 3.8) is 0 Å². The maximum Gasteiger partial charge on any atom is 0.233 e. The molecule has 0 unspecified atom stereocenters. The van der Waals surface area contributed by atoms with Crippen molar-refractivity contribution in [2.24, 2.45) is 0 Å². The van der Waals surface area contributed by atoms with Gasteiger partial charge >= 0.3 is 0 Å². The molecule has 0 saturated carbocycles. The molecule has 1 radical (unpaired) electrons. The Morgan fingerprint density at radius 3 is 2.83 bits per heavy atom. The summed E-state index contributed by atoms with van der Waals surface area (Å²) in [5.74, 6) is 0.735. The van der Waals surface area contributed by atoms with E-state index < -0.39 is 0 Å². The van der Waals surface area contributed by atoms with Crippen LogP contribution in [0.15, 0.2) is 42.7 Å². The maximum absolute atomic E-state index is 4.36. The van der Waals surface area contributed by atoms with Gasteiger partial charge in [-0.15, -0.1) is 5.56 Å². The molecule has 0 spiro atoms. The van der Waals surface area contributed by atoms with E-state index in [4.69, 9.17) is 0 Å². The summed E-state index contributed by atoms with van der Waals surface area (Å²) >= 11 is 0. The average molecular weight is 312 g/mol. The predicted octanol–water partition coefficient (Wildman–Crippen LogP) is 2.95. The van der Waals surface area contributed by atoms with Crippen molar-refractivity contribution >= 4 is 5.78 Å². The quantitative estimate of drug-likeness (QED) is 0.647. The van der Waals surface area contributed by atoms with Crippen LogP contribution in [0.3, 0.4) is 0 Å². The zero-order valence-corrected chi connectivity index (χ0v) is 13.3. The summed E-state index contributed by atoms with van der Waals surface area (Å²) in [6.45, 7) is 1.96. The van der Waals surface area contributed by atoms with Crippen molar-refractivity contribution in [2.45, 2.75) is 6.92 Å². The first-order valence-corrected chi connectivity index (χ1v) is 5.12. The number of imidazole rings is 1. The van der Waals surface area contributed by atoms with Gasteiger partial charge in [-0.3, -0.25) is 4.40 Å². The molecule has 3 rings (SSSR count). The van der Waals surface area contributed by atoms with Crippen LogP contribution in [0.1, 0.15) is 5.69 Å². The van der Waals surface area contributed by atoms with Crippen LogP contribution in [0, 0.1) is 20.4 Å². The standard InChI is InChI=1S/C13H10N3.CH3.Y/c1-10-7-8-16-12(9-14-13(16)15-10)11-5-3-2-4-6-11;;/h2-3,5-9H,1H3;1H3;/q2*-1;. The van der Waals surface area contributed by atoms with Crippen molar-refractivity contribution in [3.05, 3.63) is 61.9 Å². The van der Waals surface area contributed by atoms with Gasteiger partial charge in [-0.1, -0.05) is 0 Å². The molecule has 0 aliphatic heterocycles. The van der Waals surface area contributed by atoms with Crippen LogP contribution in [-0.2, 0) is 32.7 Å². The number of rotatable bonds is 1. The van der Waals surface area contributed by atoms with Gasteiger partial charge in [0, 0.05) is 56.5 Å². The van der Waals surface area contributed by atoms with Crippen LogP contribution < -0.4 is 0 Å². The summed E-state index contributed by atoms with van der Waals surface area (Å²) in [6.07, 6.45) is 3.83. The molecule has 0 atom stereocenters. The van der Waals surface area contributed by atoms with Crippen LogP contribution in [0.25, 0.3) is 17.0 Å². The Morgan fingerprint density at radius 1 is 1.28 bits per heavy atom. The minimum Gasteiger partial charge on any atom is -0.358 e. The van der Waals surface area contributed by atoms with Gasteiger partial charge in [0.2, 0.25) is 5.78 Å². The molecule has 0 saturated heterocycles.